The molecule has 0 saturated heterocycles. The second-order valence-corrected chi connectivity index (χ2v) is 11.4. The molecule has 3 rings (SSSR count). The second kappa shape index (κ2) is 9.40. The highest BCUT2D eigenvalue weighted by Crippen LogP contribution is 2.25. The van der Waals surface area contributed by atoms with Gasteiger partial charge in [-0.1, -0.05) is 62.7 Å². The fraction of sp³-hybridized carbons (Fsp3) is 0.296. The molecule has 33 heavy (non-hydrogen) atoms. The number of aryl methyl sites for hydroxylation is 1. The quantitative estimate of drug-likeness (QED) is 0.516. The minimum absolute atomic E-state index is 0.0762. The van der Waals surface area contributed by atoms with Crippen molar-refractivity contribution < 1.29 is 13.2 Å². The number of hydrogen-bond donors (Lipinski definition) is 1. The molecule has 6 heteroatoms. The molecule has 0 aliphatic heterocycles. The van der Waals surface area contributed by atoms with Crippen molar-refractivity contribution in [1.29, 1.82) is 0 Å². The van der Waals surface area contributed by atoms with E-state index in [1.165, 1.54) is 16.9 Å². The fourth-order valence-electron chi connectivity index (χ4n) is 3.46. The summed E-state index contributed by atoms with van der Waals surface area (Å²) in [4.78, 5) is 13.0. The van der Waals surface area contributed by atoms with Crippen molar-refractivity contribution in [2.45, 2.75) is 51.0 Å². The average molecular weight is 465 g/mol. The number of hydrogen-bond acceptors (Lipinski definition) is 3. The number of carbonyl (C=O) groups is 1. The molecule has 1 amide bonds. The molecular weight excluding hydrogens is 432 g/mol. The van der Waals surface area contributed by atoms with Gasteiger partial charge in [0.1, 0.15) is 0 Å². The van der Waals surface area contributed by atoms with Crippen LogP contribution >= 0.6 is 0 Å². The smallest absolute Gasteiger partial charge is 0.264 e. The van der Waals surface area contributed by atoms with Crippen molar-refractivity contribution in [2.75, 3.05) is 11.4 Å². The molecule has 3 aromatic rings. The van der Waals surface area contributed by atoms with Crippen LogP contribution in [0.2, 0.25) is 0 Å². The Morgan fingerprint density at radius 3 is 1.94 bits per heavy atom. The van der Waals surface area contributed by atoms with Gasteiger partial charge in [-0.2, -0.15) is 0 Å². The van der Waals surface area contributed by atoms with E-state index in [-0.39, 0.29) is 22.3 Å². The summed E-state index contributed by atoms with van der Waals surface area (Å²) in [5, 5.41) is 3.01. The second-order valence-electron chi connectivity index (χ2n) is 9.40. The summed E-state index contributed by atoms with van der Waals surface area (Å²) in [7, 11) is -2.17. The number of amides is 1. The topological polar surface area (TPSA) is 66.5 Å². The molecule has 0 aromatic heterocycles. The average Bonchev–Trinajstić information content (AvgIpc) is 2.78. The maximum atomic E-state index is 12.9. The predicted octanol–water partition coefficient (Wildman–Crippen LogP) is 5.61. The SMILES string of the molecule is Cc1ccc(S(=O)(=O)N(C)c2ccc(C(=O)N[C@@H](C)c3ccc(C(C)(C)C)cc3)cc2)cc1. The number of carbonyl (C=O) groups excluding carboxylic acids is 1. The summed E-state index contributed by atoms with van der Waals surface area (Å²) in [5.41, 5.74) is 4.29. The van der Waals surface area contributed by atoms with E-state index in [0.717, 1.165) is 11.1 Å². The van der Waals surface area contributed by atoms with Gasteiger partial charge in [-0.25, -0.2) is 8.42 Å². The van der Waals surface area contributed by atoms with Crippen LogP contribution in [-0.2, 0) is 15.4 Å². The van der Waals surface area contributed by atoms with Crippen LogP contribution in [0, 0.1) is 6.92 Å². The zero-order chi connectivity index (χ0) is 24.4. The van der Waals surface area contributed by atoms with Crippen molar-refractivity contribution in [3.8, 4) is 0 Å². The lowest BCUT2D eigenvalue weighted by atomic mass is 9.86. The Morgan fingerprint density at radius 2 is 1.42 bits per heavy atom. The zero-order valence-corrected chi connectivity index (χ0v) is 20.9. The van der Waals surface area contributed by atoms with E-state index < -0.39 is 10.0 Å². The summed E-state index contributed by atoms with van der Waals surface area (Å²) in [5.74, 6) is -0.210. The molecule has 174 valence electrons. The first-order valence-electron chi connectivity index (χ1n) is 11.0. The maximum Gasteiger partial charge on any atom is 0.264 e. The van der Waals surface area contributed by atoms with Gasteiger partial charge >= 0.3 is 0 Å². The third-order valence-corrected chi connectivity index (χ3v) is 7.60. The number of rotatable bonds is 6. The molecule has 0 saturated carbocycles. The molecule has 0 heterocycles. The van der Waals surface area contributed by atoms with Crippen LogP contribution in [0.25, 0.3) is 0 Å². The molecule has 5 nitrogen and oxygen atoms in total. The molecule has 0 unspecified atom stereocenters. The summed E-state index contributed by atoms with van der Waals surface area (Å²) in [6.45, 7) is 10.4. The van der Waals surface area contributed by atoms with Crippen molar-refractivity contribution >= 4 is 21.6 Å². The molecule has 0 spiro atoms. The molecule has 0 bridgehead atoms. The fourth-order valence-corrected chi connectivity index (χ4v) is 4.66. The summed E-state index contributed by atoms with van der Waals surface area (Å²) < 4.78 is 27.0. The number of anilines is 1. The molecule has 0 fully saturated rings. The molecule has 0 aliphatic carbocycles. The number of sulfonamides is 1. The Morgan fingerprint density at radius 1 is 0.879 bits per heavy atom. The van der Waals surface area contributed by atoms with E-state index >= 15 is 0 Å². The van der Waals surface area contributed by atoms with Gasteiger partial charge in [0, 0.05) is 12.6 Å². The first-order valence-corrected chi connectivity index (χ1v) is 12.4. The van der Waals surface area contributed by atoms with Gasteiger partial charge in [-0.05, 0) is 66.8 Å². The van der Waals surface area contributed by atoms with Crippen LogP contribution in [0.5, 0.6) is 0 Å². The monoisotopic (exact) mass is 464 g/mol. The Hall–Kier alpha value is -3.12. The van der Waals surface area contributed by atoms with Crippen LogP contribution in [0.3, 0.4) is 0 Å². The number of nitrogens with zero attached hydrogens (tertiary/aromatic N) is 1. The van der Waals surface area contributed by atoms with Gasteiger partial charge in [-0.3, -0.25) is 9.10 Å². The third-order valence-electron chi connectivity index (χ3n) is 5.80. The largest absolute Gasteiger partial charge is 0.346 e. The summed E-state index contributed by atoms with van der Waals surface area (Å²) in [6, 6.07) is 21.4. The van der Waals surface area contributed by atoms with E-state index in [4.69, 9.17) is 0 Å². The highest BCUT2D eigenvalue weighted by atomic mass is 32.2. The standard InChI is InChI=1S/C27H32N2O3S/c1-19-7-17-25(18-8-19)33(31,32)29(6)24-15-11-22(12-16-24)26(30)28-20(2)21-9-13-23(14-10-21)27(3,4)5/h7-18,20H,1-6H3,(H,28,30)/t20-/m0/s1. The Balaban J connectivity index is 1.70. The summed E-state index contributed by atoms with van der Waals surface area (Å²) >= 11 is 0. The Kier molecular flexibility index (Phi) is 6.98. The molecular formula is C27H32N2O3S. The van der Waals surface area contributed by atoms with E-state index in [1.54, 1.807) is 48.5 Å². The zero-order valence-electron chi connectivity index (χ0n) is 20.1. The van der Waals surface area contributed by atoms with Gasteiger partial charge in [-0.15, -0.1) is 0 Å². The Labute approximate surface area is 197 Å². The maximum absolute atomic E-state index is 12.9. The van der Waals surface area contributed by atoms with Crippen molar-refractivity contribution in [2.24, 2.45) is 0 Å². The predicted molar refractivity (Wildman–Crippen MR) is 134 cm³/mol. The number of nitrogens with one attached hydrogen (secondary N) is 1. The van der Waals surface area contributed by atoms with Crippen LogP contribution in [0.4, 0.5) is 5.69 Å². The van der Waals surface area contributed by atoms with Crippen molar-refractivity contribution in [1.82, 2.24) is 5.32 Å². The van der Waals surface area contributed by atoms with Crippen molar-refractivity contribution in [3.05, 3.63) is 95.1 Å². The lowest BCUT2D eigenvalue weighted by Gasteiger charge is -2.21. The minimum atomic E-state index is -3.68. The van der Waals surface area contributed by atoms with E-state index in [9.17, 15) is 13.2 Å². The van der Waals surface area contributed by atoms with Crippen LogP contribution in [0.15, 0.2) is 77.7 Å². The first kappa shape index (κ1) is 24.5. The highest BCUT2D eigenvalue weighted by Gasteiger charge is 2.21. The molecule has 1 N–H and O–H groups in total. The third kappa shape index (κ3) is 5.63. The van der Waals surface area contributed by atoms with Gasteiger partial charge in [0.05, 0.1) is 16.6 Å². The minimum Gasteiger partial charge on any atom is -0.346 e. The van der Waals surface area contributed by atoms with Crippen LogP contribution < -0.4 is 9.62 Å². The lowest BCUT2D eigenvalue weighted by Crippen LogP contribution is -2.28. The van der Waals surface area contributed by atoms with Gasteiger partial charge in [0.15, 0.2) is 0 Å². The van der Waals surface area contributed by atoms with Crippen LogP contribution in [0.1, 0.15) is 60.8 Å². The molecule has 0 aliphatic rings. The molecule has 0 radical (unpaired) electrons. The normalized spacial score (nSPS) is 12.8. The lowest BCUT2D eigenvalue weighted by molar-refractivity contribution is 0.0940. The van der Waals surface area contributed by atoms with Crippen molar-refractivity contribution in [3.63, 3.8) is 0 Å². The van der Waals surface area contributed by atoms with Gasteiger partial charge < -0.3 is 5.32 Å². The highest BCUT2D eigenvalue weighted by molar-refractivity contribution is 7.92. The molecule has 1 atom stereocenters. The van der Waals surface area contributed by atoms with Crippen LogP contribution in [-0.4, -0.2) is 21.4 Å². The van der Waals surface area contributed by atoms with Gasteiger partial charge in [0.25, 0.3) is 15.9 Å². The van der Waals surface area contributed by atoms with E-state index in [1.807, 2.05) is 26.0 Å². The number of benzene rings is 3. The van der Waals surface area contributed by atoms with E-state index in [2.05, 4.69) is 38.2 Å². The Bertz CT molecular complexity index is 1210. The molecule has 3 aromatic carbocycles. The van der Waals surface area contributed by atoms with Gasteiger partial charge in [0.2, 0.25) is 0 Å². The van der Waals surface area contributed by atoms with E-state index in [0.29, 0.717) is 11.3 Å². The summed E-state index contributed by atoms with van der Waals surface area (Å²) in [6.07, 6.45) is 0. The first-order chi connectivity index (χ1) is 15.4.